The van der Waals surface area contributed by atoms with Crippen LogP contribution in [0.4, 0.5) is 5.13 Å². The number of methoxy groups -OCH3 is 1. The molecule has 7 heteroatoms. The molecule has 0 saturated heterocycles. The van der Waals surface area contributed by atoms with Gasteiger partial charge in [-0.2, -0.15) is 0 Å². The van der Waals surface area contributed by atoms with Gasteiger partial charge in [0.15, 0.2) is 5.13 Å². The van der Waals surface area contributed by atoms with Crippen molar-refractivity contribution in [3.63, 3.8) is 0 Å². The van der Waals surface area contributed by atoms with E-state index in [2.05, 4.69) is 9.88 Å². The van der Waals surface area contributed by atoms with Crippen LogP contribution in [0.3, 0.4) is 0 Å². The third-order valence-corrected chi connectivity index (χ3v) is 4.75. The fourth-order valence-electron chi connectivity index (χ4n) is 2.85. The maximum Gasteiger partial charge on any atom is 0.326 e. The Morgan fingerprint density at radius 3 is 2.65 bits per heavy atom. The highest BCUT2D eigenvalue weighted by Crippen LogP contribution is 2.35. The average Bonchev–Trinajstić information content (AvgIpc) is 2.83. The molecule has 0 atom stereocenters. The van der Waals surface area contributed by atoms with E-state index in [-0.39, 0.29) is 18.4 Å². The normalized spacial score (nSPS) is 17.6. The van der Waals surface area contributed by atoms with E-state index in [9.17, 15) is 4.79 Å². The molecule has 1 aliphatic carbocycles. The molecule has 0 unspecified atom stereocenters. The number of nitrogen functional groups attached to an aromatic ring is 1. The van der Waals surface area contributed by atoms with Gasteiger partial charge in [-0.1, -0.05) is 19.3 Å². The second-order valence-corrected chi connectivity index (χ2v) is 6.25. The minimum Gasteiger partial charge on any atom is -0.468 e. The van der Waals surface area contributed by atoms with Gasteiger partial charge >= 0.3 is 5.97 Å². The van der Waals surface area contributed by atoms with E-state index in [1.54, 1.807) is 6.20 Å². The van der Waals surface area contributed by atoms with Crippen LogP contribution in [0.2, 0.25) is 0 Å². The highest BCUT2D eigenvalue weighted by Gasteiger charge is 2.44. The molecule has 2 rings (SSSR count). The Morgan fingerprint density at radius 2 is 2.15 bits per heavy atom. The van der Waals surface area contributed by atoms with Crippen LogP contribution in [0.25, 0.3) is 0 Å². The minimum absolute atomic E-state index is 0. The van der Waals surface area contributed by atoms with Crippen LogP contribution in [-0.4, -0.2) is 35.5 Å². The number of nitrogens with zero attached hydrogens (tertiary/aromatic N) is 2. The standard InChI is InChI=1S/C13H21N3O2S.ClH/c1-16(9-10-8-15-12(14)19-10)13(11(17)18-2)6-4-3-5-7-13;/h8H,3-7,9H2,1-2H3,(H2,14,15);1H. The topological polar surface area (TPSA) is 68.5 Å². The van der Waals surface area contributed by atoms with Gasteiger partial charge in [0.05, 0.1) is 7.11 Å². The molecule has 0 aliphatic heterocycles. The van der Waals surface area contributed by atoms with Crippen LogP contribution in [-0.2, 0) is 16.1 Å². The van der Waals surface area contributed by atoms with Crippen LogP contribution < -0.4 is 5.73 Å². The third-order valence-electron chi connectivity index (χ3n) is 3.94. The lowest BCUT2D eigenvalue weighted by Gasteiger charge is -2.41. The van der Waals surface area contributed by atoms with Crippen molar-refractivity contribution < 1.29 is 9.53 Å². The van der Waals surface area contributed by atoms with Gasteiger partial charge in [0.25, 0.3) is 0 Å². The van der Waals surface area contributed by atoms with Crippen molar-refractivity contribution in [2.45, 2.75) is 44.2 Å². The Balaban J connectivity index is 0.00000200. The number of thiazole rings is 1. The third kappa shape index (κ3) is 3.42. The van der Waals surface area contributed by atoms with E-state index in [1.165, 1.54) is 24.9 Å². The summed E-state index contributed by atoms with van der Waals surface area (Å²) in [6.45, 7) is 0.684. The zero-order valence-corrected chi connectivity index (χ0v) is 13.6. The first kappa shape index (κ1) is 17.2. The molecule has 1 aromatic rings. The quantitative estimate of drug-likeness (QED) is 0.863. The molecule has 20 heavy (non-hydrogen) atoms. The molecule has 1 heterocycles. The van der Waals surface area contributed by atoms with Gasteiger partial charge in [-0.3, -0.25) is 9.69 Å². The number of anilines is 1. The molecule has 2 N–H and O–H groups in total. The Kier molecular flexibility index (Phi) is 6.23. The fourth-order valence-corrected chi connectivity index (χ4v) is 3.59. The van der Waals surface area contributed by atoms with Crippen molar-refractivity contribution in [3.05, 3.63) is 11.1 Å². The maximum atomic E-state index is 12.2. The summed E-state index contributed by atoms with van der Waals surface area (Å²) in [6, 6.07) is 0. The molecule has 114 valence electrons. The van der Waals surface area contributed by atoms with Crippen LogP contribution in [0.15, 0.2) is 6.20 Å². The number of hydrogen-bond acceptors (Lipinski definition) is 6. The molecule has 5 nitrogen and oxygen atoms in total. The predicted octanol–water partition coefficient (Wildman–Crippen LogP) is 2.45. The van der Waals surface area contributed by atoms with E-state index in [4.69, 9.17) is 10.5 Å². The van der Waals surface area contributed by atoms with Gasteiger partial charge in [0, 0.05) is 17.6 Å². The Labute approximate surface area is 129 Å². The highest BCUT2D eigenvalue weighted by atomic mass is 35.5. The van der Waals surface area contributed by atoms with E-state index in [0.29, 0.717) is 11.7 Å². The summed E-state index contributed by atoms with van der Waals surface area (Å²) in [5.74, 6) is -0.118. The summed E-state index contributed by atoms with van der Waals surface area (Å²) >= 11 is 1.47. The Morgan fingerprint density at radius 1 is 1.50 bits per heavy atom. The fraction of sp³-hybridized carbons (Fsp3) is 0.692. The Bertz CT molecular complexity index is 447. The average molecular weight is 320 g/mol. The summed E-state index contributed by atoms with van der Waals surface area (Å²) in [4.78, 5) is 19.5. The second-order valence-electron chi connectivity index (χ2n) is 5.10. The van der Waals surface area contributed by atoms with Crippen molar-refractivity contribution in [1.29, 1.82) is 0 Å². The smallest absolute Gasteiger partial charge is 0.326 e. The molecule has 0 aromatic carbocycles. The lowest BCUT2D eigenvalue weighted by molar-refractivity contribution is -0.157. The number of rotatable bonds is 4. The summed E-state index contributed by atoms with van der Waals surface area (Å²) in [6.07, 6.45) is 6.86. The van der Waals surface area contributed by atoms with Crippen LogP contribution in [0, 0.1) is 0 Å². The number of hydrogen-bond donors (Lipinski definition) is 1. The number of carbonyl (C=O) groups excluding carboxylic acids is 1. The number of aromatic nitrogens is 1. The number of carbonyl (C=O) groups is 1. The van der Waals surface area contributed by atoms with E-state index in [1.807, 2.05) is 7.05 Å². The van der Waals surface area contributed by atoms with Gasteiger partial charge < -0.3 is 10.5 Å². The maximum absolute atomic E-state index is 12.2. The minimum atomic E-state index is -0.480. The summed E-state index contributed by atoms with van der Waals surface area (Å²) in [5.41, 5.74) is 5.17. The molecule has 0 amide bonds. The monoisotopic (exact) mass is 319 g/mol. The van der Waals surface area contributed by atoms with E-state index < -0.39 is 5.54 Å². The number of halogens is 1. The summed E-state index contributed by atoms with van der Waals surface area (Å²) in [7, 11) is 3.45. The predicted molar refractivity (Wildman–Crippen MR) is 83.1 cm³/mol. The van der Waals surface area contributed by atoms with Gasteiger partial charge in [0.2, 0.25) is 0 Å². The SMILES string of the molecule is COC(=O)C1(N(C)Cc2cnc(N)s2)CCCCC1.Cl. The van der Waals surface area contributed by atoms with Crippen LogP contribution in [0.5, 0.6) is 0 Å². The Hall–Kier alpha value is -0.850. The molecular weight excluding hydrogens is 298 g/mol. The van der Waals surface area contributed by atoms with Gasteiger partial charge in [-0.25, -0.2) is 4.98 Å². The zero-order valence-electron chi connectivity index (χ0n) is 11.9. The highest BCUT2D eigenvalue weighted by molar-refractivity contribution is 7.15. The van der Waals surface area contributed by atoms with Crippen molar-refractivity contribution in [3.8, 4) is 0 Å². The van der Waals surface area contributed by atoms with Gasteiger partial charge in [-0.15, -0.1) is 23.7 Å². The molecule has 1 fully saturated rings. The lowest BCUT2D eigenvalue weighted by atomic mass is 9.80. The van der Waals surface area contributed by atoms with E-state index >= 15 is 0 Å². The van der Waals surface area contributed by atoms with E-state index in [0.717, 1.165) is 30.6 Å². The van der Waals surface area contributed by atoms with Crippen LogP contribution >= 0.6 is 23.7 Å². The van der Waals surface area contributed by atoms with Gasteiger partial charge in [-0.05, 0) is 19.9 Å². The van der Waals surface area contributed by atoms with Gasteiger partial charge in [0.1, 0.15) is 5.54 Å². The number of nitrogens with two attached hydrogens (primary N) is 1. The molecule has 0 bridgehead atoms. The summed E-state index contributed by atoms with van der Waals surface area (Å²) < 4.78 is 5.04. The first-order chi connectivity index (χ1) is 9.08. The largest absolute Gasteiger partial charge is 0.468 e. The van der Waals surface area contributed by atoms with Crippen LogP contribution in [0.1, 0.15) is 37.0 Å². The number of esters is 1. The van der Waals surface area contributed by atoms with Crippen molar-refractivity contribution in [2.24, 2.45) is 0 Å². The lowest BCUT2D eigenvalue weighted by Crippen LogP contribution is -2.54. The van der Waals surface area contributed by atoms with Crippen molar-refractivity contribution in [1.82, 2.24) is 9.88 Å². The first-order valence-corrected chi connectivity index (χ1v) is 7.40. The van der Waals surface area contributed by atoms with Crippen molar-refractivity contribution in [2.75, 3.05) is 19.9 Å². The molecule has 0 spiro atoms. The number of likely N-dealkylation sites (N-methyl/N-ethyl adjacent to an activating group) is 1. The molecule has 1 aliphatic rings. The summed E-state index contributed by atoms with van der Waals surface area (Å²) in [5, 5.41) is 0.569. The van der Waals surface area contributed by atoms with Crippen molar-refractivity contribution >= 4 is 34.8 Å². The number of ether oxygens (including phenoxy) is 1. The molecular formula is C13H22ClN3O2S. The first-order valence-electron chi connectivity index (χ1n) is 6.58. The zero-order chi connectivity index (χ0) is 13.9. The molecule has 1 aromatic heterocycles. The molecule has 0 radical (unpaired) electrons. The second kappa shape index (κ2) is 7.24. The molecule has 1 saturated carbocycles.